The number of carbonyl (C=O) groups is 1. The summed E-state index contributed by atoms with van der Waals surface area (Å²) in [4.78, 5) is 23.7. The molecule has 9 heteroatoms. The second-order valence-corrected chi connectivity index (χ2v) is 7.93. The highest BCUT2D eigenvalue weighted by Crippen LogP contribution is 2.38. The lowest BCUT2D eigenvalue weighted by Crippen LogP contribution is -2.47. The molecule has 0 aliphatic carbocycles. The van der Waals surface area contributed by atoms with Crippen molar-refractivity contribution in [2.24, 2.45) is 0 Å². The van der Waals surface area contributed by atoms with Crippen LogP contribution in [0.4, 0.5) is 20.8 Å². The van der Waals surface area contributed by atoms with Crippen molar-refractivity contribution in [3.8, 4) is 0 Å². The third-order valence-electron chi connectivity index (χ3n) is 5.54. The first kappa shape index (κ1) is 23.5. The fourth-order valence-corrected chi connectivity index (χ4v) is 3.74. The molecule has 1 aliphatic rings. The molecule has 2 heterocycles. The summed E-state index contributed by atoms with van der Waals surface area (Å²) in [5.74, 6) is 0.0569. The number of rotatable bonds is 5. The van der Waals surface area contributed by atoms with Crippen LogP contribution in [0.15, 0.2) is 60.8 Å². The number of carbonyl (C=O) groups excluding carboxylic acids is 1. The number of urea groups is 1. The largest absolute Gasteiger partial charge is 0.394 e. The number of aromatic nitrogens is 2. The summed E-state index contributed by atoms with van der Waals surface area (Å²) in [5, 5.41) is 15.7. The summed E-state index contributed by atoms with van der Waals surface area (Å²) in [6, 6.07) is 14.5. The lowest BCUT2D eigenvalue weighted by Gasteiger charge is -2.33. The van der Waals surface area contributed by atoms with E-state index in [1.165, 1.54) is 12.1 Å². The van der Waals surface area contributed by atoms with Gasteiger partial charge in [-0.3, -0.25) is 0 Å². The van der Waals surface area contributed by atoms with E-state index in [2.05, 4.69) is 20.6 Å². The van der Waals surface area contributed by atoms with E-state index in [0.717, 1.165) is 16.8 Å². The van der Waals surface area contributed by atoms with Crippen LogP contribution < -0.4 is 10.6 Å². The molecule has 3 N–H and O–H groups in total. The fourth-order valence-electron chi connectivity index (χ4n) is 3.74. The molecule has 2 amide bonds. The Hall–Kier alpha value is -3.17. The molecule has 1 aromatic heterocycles. The second kappa shape index (κ2) is 9.54. The minimum absolute atomic E-state index is 0. The zero-order valence-electron chi connectivity index (χ0n) is 17.8. The van der Waals surface area contributed by atoms with Gasteiger partial charge in [-0.25, -0.2) is 19.2 Å². The van der Waals surface area contributed by atoms with Gasteiger partial charge in [0.2, 0.25) is 5.95 Å². The molecular weight excluding hydrogens is 429 g/mol. The van der Waals surface area contributed by atoms with E-state index < -0.39 is 11.6 Å². The zero-order chi connectivity index (χ0) is 22.0. The van der Waals surface area contributed by atoms with Gasteiger partial charge in [0.15, 0.2) is 0 Å². The maximum Gasteiger partial charge on any atom is 0.319 e. The maximum absolute atomic E-state index is 13.1. The van der Waals surface area contributed by atoms with E-state index in [9.17, 15) is 14.3 Å². The maximum atomic E-state index is 13.1. The molecule has 0 unspecified atom stereocenters. The summed E-state index contributed by atoms with van der Waals surface area (Å²) in [6.07, 6.45) is 1.71. The average molecular weight is 456 g/mol. The van der Waals surface area contributed by atoms with Crippen LogP contribution in [-0.2, 0) is 12.1 Å². The molecule has 168 valence electrons. The van der Waals surface area contributed by atoms with E-state index >= 15 is 0 Å². The quantitative estimate of drug-likeness (QED) is 0.542. The third-order valence-corrected chi connectivity index (χ3v) is 5.54. The Kier molecular flexibility index (Phi) is 7.00. The van der Waals surface area contributed by atoms with Gasteiger partial charge >= 0.3 is 6.03 Å². The molecule has 2 aromatic carbocycles. The Morgan fingerprint density at radius 3 is 2.53 bits per heavy atom. The van der Waals surface area contributed by atoms with Gasteiger partial charge in [-0.1, -0.05) is 30.3 Å². The number of aliphatic hydroxyl groups excluding tert-OH is 1. The van der Waals surface area contributed by atoms with Gasteiger partial charge in [-0.05, 0) is 43.7 Å². The molecule has 4 rings (SSSR count). The van der Waals surface area contributed by atoms with Crippen molar-refractivity contribution in [3.05, 3.63) is 83.4 Å². The minimum Gasteiger partial charge on any atom is -0.394 e. The monoisotopic (exact) mass is 455 g/mol. The Morgan fingerprint density at radius 2 is 1.88 bits per heavy atom. The molecule has 0 spiro atoms. The Balaban J connectivity index is 0.00000289. The van der Waals surface area contributed by atoms with Crippen LogP contribution in [0, 0.1) is 5.82 Å². The van der Waals surface area contributed by atoms with E-state index in [0.29, 0.717) is 18.2 Å². The SMILES string of the molecule is CC1(C)c2cnc(Nc3ccc(F)cc3)nc2CN1C(=O)N[C@H](CO)c1ccccc1.S. The third kappa shape index (κ3) is 4.68. The van der Waals surface area contributed by atoms with E-state index in [4.69, 9.17) is 0 Å². The van der Waals surface area contributed by atoms with Crippen molar-refractivity contribution >= 4 is 31.2 Å². The highest BCUT2D eigenvalue weighted by molar-refractivity contribution is 7.59. The number of nitrogens with zero attached hydrogens (tertiary/aromatic N) is 3. The molecule has 0 fully saturated rings. The minimum atomic E-state index is -0.621. The molecule has 32 heavy (non-hydrogen) atoms. The van der Waals surface area contributed by atoms with Crippen LogP contribution in [0.25, 0.3) is 0 Å². The van der Waals surface area contributed by atoms with Gasteiger partial charge in [-0.15, -0.1) is 0 Å². The van der Waals surface area contributed by atoms with Gasteiger partial charge < -0.3 is 20.6 Å². The fraction of sp³-hybridized carbons (Fsp3) is 0.261. The first-order valence-electron chi connectivity index (χ1n) is 10.0. The highest BCUT2D eigenvalue weighted by atomic mass is 32.1. The van der Waals surface area contributed by atoms with E-state index in [-0.39, 0.29) is 32.0 Å². The van der Waals surface area contributed by atoms with Crippen molar-refractivity contribution in [3.63, 3.8) is 0 Å². The van der Waals surface area contributed by atoms with Crippen LogP contribution in [0.3, 0.4) is 0 Å². The van der Waals surface area contributed by atoms with Gasteiger partial charge in [0, 0.05) is 17.4 Å². The van der Waals surface area contributed by atoms with Gasteiger partial charge in [0.1, 0.15) is 5.82 Å². The van der Waals surface area contributed by atoms with Crippen LogP contribution in [0.1, 0.15) is 36.7 Å². The molecule has 0 bridgehead atoms. The molecule has 1 aliphatic heterocycles. The molecular formula is C23H26FN5O2S. The Bertz CT molecular complexity index is 1080. The second-order valence-electron chi connectivity index (χ2n) is 7.93. The van der Waals surface area contributed by atoms with Crippen molar-refractivity contribution in [2.45, 2.75) is 32.0 Å². The van der Waals surface area contributed by atoms with E-state index in [1.54, 1.807) is 23.2 Å². The standard InChI is InChI=1S/C23H24FN5O2.H2S/c1-23(2)18-12-25-21(26-17-10-8-16(24)9-11-17)27-19(18)13-29(23)22(31)28-20(14-30)15-6-4-3-5-7-15;/h3-12,20,30H,13-14H2,1-2H3,(H,28,31)(H,25,26,27);1H2/t20-;/m1./s1. The molecule has 0 saturated heterocycles. The van der Waals surface area contributed by atoms with Crippen molar-refractivity contribution in [1.29, 1.82) is 0 Å². The van der Waals surface area contributed by atoms with Crippen LogP contribution in [0.5, 0.6) is 0 Å². The number of amides is 2. The topological polar surface area (TPSA) is 90.4 Å². The van der Waals surface area contributed by atoms with Crippen molar-refractivity contribution in [2.75, 3.05) is 11.9 Å². The van der Waals surface area contributed by atoms with Crippen LogP contribution in [-0.4, -0.2) is 32.6 Å². The average Bonchev–Trinajstić information content (AvgIpc) is 3.04. The Labute approximate surface area is 193 Å². The molecule has 1 atom stereocenters. The van der Waals surface area contributed by atoms with Gasteiger partial charge in [-0.2, -0.15) is 13.5 Å². The van der Waals surface area contributed by atoms with E-state index in [1.807, 2.05) is 44.2 Å². The Morgan fingerprint density at radius 1 is 1.19 bits per heavy atom. The van der Waals surface area contributed by atoms with Gasteiger partial charge in [0.25, 0.3) is 0 Å². The van der Waals surface area contributed by atoms with Crippen LogP contribution in [0.2, 0.25) is 0 Å². The van der Waals surface area contributed by atoms with Crippen LogP contribution >= 0.6 is 13.5 Å². The summed E-state index contributed by atoms with van der Waals surface area (Å²) in [5.41, 5.74) is 2.47. The number of halogens is 1. The number of hydrogen-bond acceptors (Lipinski definition) is 5. The lowest BCUT2D eigenvalue weighted by molar-refractivity contribution is 0.136. The number of benzene rings is 2. The number of anilines is 2. The smallest absolute Gasteiger partial charge is 0.319 e. The van der Waals surface area contributed by atoms with Gasteiger partial charge in [0.05, 0.1) is 30.4 Å². The number of hydrogen-bond donors (Lipinski definition) is 3. The zero-order valence-corrected chi connectivity index (χ0v) is 18.8. The summed E-state index contributed by atoms with van der Waals surface area (Å²) in [6.45, 7) is 3.97. The molecule has 0 saturated carbocycles. The number of nitrogens with one attached hydrogen (secondary N) is 2. The summed E-state index contributed by atoms with van der Waals surface area (Å²) >= 11 is 0. The highest BCUT2D eigenvalue weighted by Gasteiger charge is 2.42. The lowest BCUT2D eigenvalue weighted by atomic mass is 9.97. The predicted molar refractivity (Wildman–Crippen MR) is 125 cm³/mol. The summed E-state index contributed by atoms with van der Waals surface area (Å²) < 4.78 is 13.1. The van der Waals surface area contributed by atoms with Crippen molar-refractivity contribution < 1.29 is 14.3 Å². The number of fused-ring (bicyclic) bond motifs is 1. The number of aliphatic hydroxyl groups is 1. The predicted octanol–water partition coefficient (Wildman–Crippen LogP) is 3.97. The molecule has 0 radical (unpaired) electrons. The normalized spacial score (nSPS) is 14.8. The first-order valence-corrected chi connectivity index (χ1v) is 10.0. The molecule has 7 nitrogen and oxygen atoms in total. The van der Waals surface area contributed by atoms with Crippen molar-refractivity contribution in [1.82, 2.24) is 20.2 Å². The summed E-state index contributed by atoms with van der Waals surface area (Å²) in [7, 11) is 0. The molecule has 3 aromatic rings. The first-order chi connectivity index (χ1) is 14.9.